The first-order valence-electron chi connectivity index (χ1n) is 7.80. The van der Waals surface area contributed by atoms with Crippen LogP contribution in [0.1, 0.15) is 30.3 Å². The fourth-order valence-corrected chi connectivity index (χ4v) is 3.57. The number of ether oxygens (including phenoxy) is 1. The number of rotatable bonds is 4. The Labute approximate surface area is 164 Å². The van der Waals surface area contributed by atoms with Crippen molar-refractivity contribution >= 4 is 42.1 Å². The lowest BCUT2D eigenvalue weighted by Crippen LogP contribution is -2.46. The fourth-order valence-electron chi connectivity index (χ4n) is 2.77. The van der Waals surface area contributed by atoms with Crippen LogP contribution in [0.5, 0.6) is 5.75 Å². The molecule has 2 aromatic rings. The molecule has 2 heterocycles. The van der Waals surface area contributed by atoms with Crippen molar-refractivity contribution in [2.45, 2.75) is 31.8 Å². The number of methoxy groups -OCH3 is 1. The van der Waals surface area contributed by atoms with E-state index in [-0.39, 0.29) is 36.8 Å². The highest BCUT2D eigenvalue weighted by atomic mass is 35.5. The molecule has 1 saturated heterocycles. The van der Waals surface area contributed by atoms with Gasteiger partial charge in [-0.15, -0.1) is 36.2 Å². The molecular formula is C17H23Cl2N3O2S. The van der Waals surface area contributed by atoms with E-state index in [4.69, 9.17) is 4.74 Å². The molecule has 8 heteroatoms. The van der Waals surface area contributed by atoms with Crippen LogP contribution in [0.25, 0.3) is 10.6 Å². The monoisotopic (exact) mass is 403 g/mol. The zero-order valence-corrected chi connectivity index (χ0v) is 16.6. The van der Waals surface area contributed by atoms with E-state index in [1.807, 2.05) is 29.6 Å². The number of carbonyl (C=O) groups excluding carboxylic acids is 1. The van der Waals surface area contributed by atoms with E-state index in [1.165, 1.54) is 11.3 Å². The summed E-state index contributed by atoms with van der Waals surface area (Å²) < 4.78 is 5.16. The second kappa shape index (κ2) is 9.97. The molecular weight excluding hydrogens is 381 g/mol. The largest absolute Gasteiger partial charge is 0.497 e. The van der Waals surface area contributed by atoms with Crippen molar-refractivity contribution in [2.75, 3.05) is 13.7 Å². The van der Waals surface area contributed by atoms with Crippen LogP contribution in [-0.2, 0) is 0 Å². The van der Waals surface area contributed by atoms with Gasteiger partial charge < -0.3 is 15.4 Å². The van der Waals surface area contributed by atoms with Gasteiger partial charge in [-0.05, 0) is 50.6 Å². The summed E-state index contributed by atoms with van der Waals surface area (Å²) in [6.45, 7) is 3.09. The number of benzene rings is 1. The average Bonchev–Trinajstić information content (AvgIpc) is 3.05. The molecule has 0 spiro atoms. The second-order valence-corrected chi connectivity index (χ2v) is 6.67. The lowest BCUT2D eigenvalue weighted by molar-refractivity contribution is 0.0921. The molecule has 1 fully saturated rings. The van der Waals surface area contributed by atoms with Crippen molar-refractivity contribution in [3.05, 3.63) is 35.3 Å². The maximum Gasteiger partial charge on any atom is 0.270 e. The topological polar surface area (TPSA) is 63.2 Å². The number of amides is 1. The molecule has 0 saturated carbocycles. The van der Waals surface area contributed by atoms with Crippen LogP contribution in [0.15, 0.2) is 29.6 Å². The predicted molar refractivity (Wildman–Crippen MR) is 107 cm³/mol. The third-order valence-corrected chi connectivity index (χ3v) is 4.92. The molecule has 138 valence electrons. The molecule has 3 rings (SSSR count). The number of aromatic nitrogens is 1. The lowest BCUT2D eigenvalue weighted by atomic mass is 10.0. The summed E-state index contributed by atoms with van der Waals surface area (Å²) in [7, 11) is 1.64. The molecule has 25 heavy (non-hydrogen) atoms. The van der Waals surface area contributed by atoms with Gasteiger partial charge in [-0.1, -0.05) is 0 Å². The van der Waals surface area contributed by atoms with Gasteiger partial charge in [0, 0.05) is 23.0 Å². The number of halogens is 2. The zero-order chi connectivity index (χ0) is 16.2. The summed E-state index contributed by atoms with van der Waals surface area (Å²) >= 11 is 1.48. The average molecular weight is 404 g/mol. The van der Waals surface area contributed by atoms with E-state index >= 15 is 0 Å². The van der Waals surface area contributed by atoms with Gasteiger partial charge in [-0.2, -0.15) is 0 Å². The summed E-state index contributed by atoms with van der Waals surface area (Å²) in [5.41, 5.74) is 1.48. The first-order valence-corrected chi connectivity index (χ1v) is 8.68. The molecule has 1 aromatic heterocycles. The molecule has 0 radical (unpaired) electrons. The van der Waals surface area contributed by atoms with Crippen molar-refractivity contribution in [1.29, 1.82) is 0 Å². The predicted octanol–water partition coefficient (Wildman–Crippen LogP) is 3.53. The van der Waals surface area contributed by atoms with Crippen LogP contribution in [0, 0.1) is 0 Å². The van der Waals surface area contributed by atoms with Crippen LogP contribution >= 0.6 is 36.2 Å². The van der Waals surface area contributed by atoms with E-state index in [9.17, 15) is 4.79 Å². The van der Waals surface area contributed by atoms with Crippen LogP contribution in [0.2, 0.25) is 0 Å². The maximum atomic E-state index is 12.4. The Morgan fingerprint density at radius 3 is 2.68 bits per heavy atom. The standard InChI is InChI=1S/C17H21N3O2S.2ClH/c1-11-9-13(7-8-18-11)19-16(21)15-10-23-17(20-15)12-3-5-14(22-2)6-4-12;;/h3-6,10-11,13,18H,7-9H2,1-2H3,(H,19,21);2*1H. The minimum Gasteiger partial charge on any atom is -0.497 e. The fraction of sp³-hybridized carbons (Fsp3) is 0.412. The van der Waals surface area contributed by atoms with E-state index in [0.717, 1.165) is 35.7 Å². The highest BCUT2D eigenvalue weighted by Crippen LogP contribution is 2.25. The van der Waals surface area contributed by atoms with Crippen molar-refractivity contribution in [1.82, 2.24) is 15.6 Å². The molecule has 0 bridgehead atoms. The summed E-state index contributed by atoms with van der Waals surface area (Å²) in [6, 6.07) is 8.37. The molecule has 2 atom stereocenters. The number of hydrogen-bond acceptors (Lipinski definition) is 5. The van der Waals surface area contributed by atoms with Gasteiger partial charge in [0.1, 0.15) is 16.5 Å². The summed E-state index contributed by atoms with van der Waals surface area (Å²) in [5, 5.41) is 9.14. The number of nitrogens with zero attached hydrogens (tertiary/aromatic N) is 1. The maximum absolute atomic E-state index is 12.4. The lowest BCUT2D eigenvalue weighted by Gasteiger charge is -2.28. The van der Waals surface area contributed by atoms with Gasteiger partial charge in [0.2, 0.25) is 0 Å². The van der Waals surface area contributed by atoms with Crippen molar-refractivity contribution in [3.63, 3.8) is 0 Å². The summed E-state index contributed by atoms with van der Waals surface area (Å²) in [4.78, 5) is 16.8. The van der Waals surface area contributed by atoms with Crippen molar-refractivity contribution in [2.24, 2.45) is 0 Å². The van der Waals surface area contributed by atoms with Gasteiger partial charge in [-0.3, -0.25) is 4.79 Å². The van der Waals surface area contributed by atoms with Gasteiger partial charge in [0.15, 0.2) is 0 Å². The molecule has 5 nitrogen and oxygen atoms in total. The van der Waals surface area contributed by atoms with Crippen LogP contribution in [0.3, 0.4) is 0 Å². The Kier molecular flexibility index (Phi) is 8.65. The zero-order valence-electron chi connectivity index (χ0n) is 14.2. The Morgan fingerprint density at radius 2 is 2.04 bits per heavy atom. The molecule has 1 aliphatic rings. The quantitative estimate of drug-likeness (QED) is 0.819. The number of carbonyl (C=O) groups is 1. The highest BCUT2D eigenvalue weighted by Gasteiger charge is 2.21. The van der Waals surface area contributed by atoms with Gasteiger partial charge >= 0.3 is 0 Å². The number of piperidine rings is 1. The number of thiazole rings is 1. The normalized spacial score (nSPS) is 19.3. The molecule has 1 amide bonds. The van der Waals surface area contributed by atoms with Crippen molar-refractivity contribution in [3.8, 4) is 16.3 Å². The first kappa shape index (κ1) is 21.7. The van der Waals surface area contributed by atoms with E-state index < -0.39 is 0 Å². The second-order valence-electron chi connectivity index (χ2n) is 5.82. The first-order chi connectivity index (χ1) is 11.2. The van der Waals surface area contributed by atoms with Crippen LogP contribution in [0.4, 0.5) is 0 Å². The summed E-state index contributed by atoms with van der Waals surface area (Å²) in [5.74, 6) is 0.725. The molecule has 2 unspecified atom stereocenters. The molecule has 2 N–H and O–H groups in total. The van der Waals surface area contributed by atoms with Crippen LogP contribution < -0.4 is 15.4 Å². The van der Waals surface area contributed by atoms with E-state index in [0.29, 0.717) is 11.7 Å². The Morgan fingerprint density at radius 1 is 1.32 bits per heavy atom. The minimum atomic E-state index is -0.0832. The van der Waals surface area contributed by atoms with Gasteiger partial charge in [-0.25, -0.2) is 4.98 Å². The smallest absolute Gasteiger partial charge is 0.270 e. The van der Waals surface area contributed by atoms with Gasteiger partial charge in [0.05, 0.1) is 7.11 Å². The number of nitrogens with one attached hydrogen (secondary N) is 2. The van der Waals surface area contributed by atoms with Gasteiger partial charge in [0.25, 0.3) is 5.91 Å². The third-order valence-electron chi connectivity index (χ3n) is 4.03. The third kappa shape index (κ3) is 5.57. The molecule has 0 aliphatic carbocycles. The van der Waals surface area contributed by atoms with Crippen LogP contribution in [-0.4, -0.2) is 36.6 Å². The van der Waals surface area contributed by atoms with E-state index in [1.54, 1.807) is 7.11 Å². The molecule has 1 aliphatic heterocycles. The minimum absolute atomic E-state index is 0. The highest BCUT2D eigenvalue weighted by molar-refractivity contribution is 7.13. The SMILES string of the molecule is COc1ccc(-c2nc(C(=O)NC3CCNC(C)C3)cs2)cc1.Cl.Cl. The Hall–Kier alpha value is -1.34. The molecule has 1 aromatic carbocycles. The number of hydrogen-bond donors (Lipinski definition) is 2. The summed E-state index contributed by atoms with van der Waals surface area (Å²) in [6.07, 6.45) is 1.92. The van der Waals surface area contributed by atoms with Crippen molar-refractivity contribution < 1.29 is 9.53 Å². The van der Waals surface area contributed by atoms with E-state index in [2.05, 4.69) is 22.5 Å². The Balaban J connectivity index is 0.00000156. The Bertz CT molecular complexity index is 679.